The van der Waals surface area contributed by atoms with E-state index in [1.165, 1.54) is 0 Å². The van der Waals surface area contributed by atoms with Crippen LogP contribution in [-0.4, -0.2) is 11.1 Å². The SMILES string of the molecule is CC(N)C1(c2cc(O)c(F)cc2F)CC1. The number of nitrogens with two attached hydrogens (primary N) is 1. The summed E-state index contributed by atoms with van der Waals surface area (Å²) in [6.07, 6.45) is 1.57. The van der Waals surface area contributed by atoms with Gasteiger partial charge in [0.2, 0.25) is 0 Å². The predicted octanol–water partition coefficient (Wildman–Crippen LogP) is 2.05. The largest absolute Gasteiger partial charge is 0.505 e. The summed E-state index contributed by atoms with van der Waals surface area (Å²) >= 11 is 0. The molecule has 1 aromatic carbocycles. The lowest BCUT2D eigenvalue weighted by atomic mass is 9.89. The molecule has 3 N–H and O–H groups in total. The summed E-state index contributed by atoms with van der Waals surface area (Å²) in [5.41, 5.74) is 5.70. The first-order valence-electron chi connectivity index (χ1n) is 4.91. The molecule has 0 saturated heterocycles. The van der Waals surface area contributed by atoms with Gasteiger partial charge in [0.15, 0.2) is 11.6 Å². The smallest absolute Gasteiger partial charge is 0.167 e. The minimum absolute atomic E-state index is 0.197. The summed E-state index contributed by atoms with van der Waals surface area (Å²) in [6, 6.07) is 1.67. The van der Waals surface area contributed by atoms with Gasteiger partial charge in [0.05, 0.1) is 0 Å². The first kappa shape index (κ1) is 10.4. The van der Waals surface area contributed by atoms with Crippen LogP contribution in [0.25, 0.3) is 0 Å². The van der Waals surface area contributed by atoms with Crippen molar-refractivity contribution in [2.24, 2.45) is 5.73 Å². The van der Waals surface area contributed by atoms with Gasteiger partial charge in [-0.05, 0) is 31.4 Å². The Bertz CT molecular complexity index is 400. The third-order valence-corrected chi connectivity index (χ3v) is 3.23. The number of aromatic hydroxyl groups is 1. The first-order valence-corrected chi connectivity index (χ1v) is 4.91. The monoisotopic (exact) mass is 213 g/mol. The van der Waals surface area contributed by atoms with Crippen molar-refractivity contribution < 1.29 is 13.9 Å². The zero-order valence-corrected chi connectivity index (χ0v) is 8.43. The van der Waals surface area contributed by atoms with Crippen molar-refractivity contribution in [2.75, 3.05) is 0 Å². The Morgan fingerprint density at radius 3 is 2.40 bits per heavy atom. The zero-order valence-electron chi connectivity index (χ0n) is 8.43. The Kier molecular flexibility index (Phi) is 2.19. The molecule has 15 heavy (non-hydrogen) atoms. The molecule has 2 rings (SSSR count). The van der Waals surface area contributed by atoms with Crippen molar-refractivity contribution in [1.29, 1.82) is 0 Å². The summed E-state index contributed by atoms with van der Waals surface area (Å²) in [5.74, 6) is -2.07. The molecule has 0 spiro atoms. The fourth-order valence-corrected chi connectivity index (χ4v) is 2.02. The van der Waals surface area contributed by atoms with Gasteiger partial charge in [-0.2, -0.15) is 0 Å². The fourth-order valence-electron chi connectivity index (χ4n) is 2.02. The number of hydrogen-bond donors (Lipinski definition) is 2. The molecule has 82 valence electrons. The maximum absolute atomic E-state index is 13.5. The van der Waals surface area contributed by atoms with Gasteiger partial charge in [-0.25, -0.2) is 8.78 Å². The highest BCUT2D eigenvalue weighted by Gasteiger charge is 2.49. The molecule has 1 atom stereocenters. The molecule has 1 saturated carbocycles. The summed E-state index contributed by atoms with van der Waals surface area (Å²) in [6.45, 7) is 1.80. The Balaban J connectivity index is 2.49. The Hall–Kier alpha value is -1.16. The van der Waals surface area contributed by atoms with Crippen LogP contribution in [0.1, 0.15) is 25.3 Å². The molecular weight excluding hydrogens is 200 g/mol. The molecule has 1 aliphatic rings. The molecule has 2 nitrogen and oxygen atoms in total. The minimum Gasteiger partial charge on any atom is -0.505 e. The molecule has 1 aliphatic carbocycles. The Morgan fingerprint density at radius 1 is 1.33 bits per heavy atom. The molecule has 1 unspecified atom stereocenters. The van der Waals surface area contributed by atoms with Crippen LogP contribution in [0.2, 0.25) is 0 Å². The van der Waals surface area contributed by atoms with Gasteiger partial charge in [-0.15, -0.1) is 0 Å². The standard InChI is InChI=1S/C11H13F2NO/c1-6(14)11(2-3-11)7-4-10(15)9(13)5-8(7)12/h4-6,15H,2-3,14H2,1H3. The number of phenolic OH excluding ortho intramolecular Hbond substituents is 1. The summed E-state index contributed by atoms with van der Waals surface area (Å²) in [5, 5.41) is 9.21. The van der Waals surface area contributed by atoms with Crippen LogP contribution in [0.5, 0.6) is 5.75 Å². The second-order valence-corrected chi connectivity index (χ2v) is 4.23. The number of benzene rings is 1. The van der Waals surface area contributed by atoms with Crippen LogP contribution in [0, 0.1) is 11.6 Å². The highest BCUT2D eigenvalue weighted by molar-refractivity contribution is 5.40. The van der Waals surface area contributed by atoms with Crippen LogP contribution >= 0.6 is 0 Å². The van der Waals surface area contributed by atoms with E-state index in [-0.39, 0.29) is 6.04 Å². The normalized spacial score (nSPS) is 20.0. The third-order valence-electron chi connectivity index (χ3n) is 3.23. The third kappa shape index (κ3) is 1.49. The molecule has 0 bridgehead atoms. The van der Waals surface area contributed by atoms with Crippen molar-refractivity contribution in [2.45, 2.75) is 31.2 Å². The highest BCUT2D eigenvalue weighted by atomic mass is 19.1. The van der Waals surface area contributed by atoms with Crippen LogP contribution in [0.3, 0.4) is 0 Å². The number of rotatable bonds is 2. The van der Waals surface area contributed by atoms with E-state index in [9.17, 15) is 13.9 Å². The van der Waals surface area contributed by atoms with Crippen molar-refractivity contribution in [3.05, 3.63) is 29.3 Å². The Morgan fingerprint density at radius 2 is 1.93 bits per heavy atom. The average Bonchev–Trinajstić information content (AvgIpc) is 2.92. The zero-order chi connectivity index (χ0) is 11.2. The quantitative estimate of drug-likeness (QED) is 0.789. The minimum atomic E-state index is -0.934. The van der Waals surface area contributed by atoms with E-state index in [4.69, 9.17) is 5.73 Å². The van der Waals surface area contributed by atoms with Gasteiger partial charge in [0.1, 0.15) is 5.82 Å². The maximum atomic E-state index is 13.5. The van der Waals surface area contributed by atoms with Crippen molar-refractivity contribution >= 4 is 0 Å². The molecule has 1 aromatic rings. The van der Waals surface area contributed by atoms with E-state index in [0.717, 1.165) is 18.9 Å². The van der Waals surface area contributed by atoms with Gasteiger partial charge in [-0.1, -0.05) is 0 Å². The molecule has 0 amide bonds. The molecule has 0 radical (unpaired) electrons. The predicted molar refractivity (Wildman–Crippen MR) is 52.6 cm³/mol. The van der Waals surface area contributed by atoms with Crippen molar-refractivity contribution in [1.82, 2.24) is 0 Å². The van der Waals surface area contributed by atoms with Gasteiger partial charge in [0, 0.05) is 17.5 Å². The van der Waals surface area contributed by atoms with Gasteiger partial charge >= 0.3 is 0 Å². The lowest BCUT2D eigenvalue weighted by Crippen LogP contribution is -2.32. The number of hydrogen-bond acceptors (Lipinski definition) is 2. The van der Waals surface area contributed by atoms with Crippen molar-refractivity contribution in [3.8, 4) is 5.75 Å². The molecular formula is C11H13F2NO. The van der Waals surface area contributed by atoms with Gasteiger partial charge in [-0.3, -0.25) is 0 Å². The van der Waals surface area contributed by atoms with E-state index in [1.807, 2.05) is 0 Å². The molecule has 0 aliphatic heterocycles. The van der Waals surface area contributed by atoms with Crippen LogP contribution in [0.15, 0.2) is 12.1 Å². The maximum Gasteiger partial charge on any atom is 0.167 e. The second-order valence-electron chi connectivity index (χ2n) is 4.23. The number of halogens is 2. The van der Waals surface area contributed by atoms with Gasteiger partial charge < -0.3 is 10.8 Å². The Labute approximate surface area is 86.7 Å². The molecule has 0 heterocycles. The second kappa shape index (κ2) is 3.17. The van der Waals surface area contributed by atoms with E-state index in [2.05, 4.69) is 0 Å². The lowest BCUT2D eigenvalue weighted by molar-refractivity contribution is 0.420. The van der Waals surface area contributed by atoms with Crippen molar-refractivity contribution in [3.63, 3.8) is 0 Å². The summed E-state index contributed by atoms with van der Waals surface area (Å²) in [4.78, 5) is 0. The van der Waals surface area contributed by atoms with Crippen LogP contribution in [-0.2, 0) is 5.41 Å². The van der Waals surface area contributed by atoms with Gasteiger partial charge in [0.25, 0.3) is 0 Å². The number of phenols is 1. The molecule has 4 heteroatoms. The summed E-state index contributed by atoms with van der Waals surface area (Å²) in [7, 11) is 0. The molecule has 0 aromatic heterocycles. The fraction of sp³-hybridized carbons (Fsp3) is 0.455. The molecule has 1 fully saturated rings. The van der Waals surface area contributed by atoms with E-state index in [1.54, 1.807) is 6.92 Å². The lowest BCUT2D eigenvalue weighted by Gasteiger charge is -2.20. The van der Waals surface area contributed by atoms with E-state index in [0.29, 0.717) is 11.6 Å². The van der Waals surface area contributed by atoms with E-state index < -0.39 is 22.8 Å². The highest BCUT2D eigenvalue weighted by Crippen LogP contribution is 2.51. The first-order chi connectivity index (χ1) is 6.97. The van der Waals surface area contributed by atoms with E-state index >= 15 is 0 Å². The topological polar surface area (TPSA) is 46.2 Å². The van der Waals surface area contributed by atoms with Crippen LogP contribution < -0.4 is 5.73 Å². The van der Waals surface area contributed by atoms with Crippen LogP contribution in [0.4, 0.5) is 8.78 Å². The summed E-state index contributed by atoms with van der Waals surface area (Å²) < 4.78 is 26.4. The average molecular weight is 213 g/mol.